The van der Waals surface area contributed by atoms with Crippen molar-refractivity contribution >= 4 is 5.91 Å². The zero-order valence-corrected chi connectivity index (χ0v) is 10.3. The first-order valence-corrected chi connectivity index (χ1v) is 5.82. The number of halogens is 1. The smallest absolute Gasteiger partial charge is 0.219 e. The summed E-state index contributed by atoms with van der Waals surface area (Å²) in [5.74, 6) is -0.623. The lowest BCUT2D eigenvalue weighted by Crippen LogP contribution is -2.27. The molecule has 0 aliphatic heterocycles. The SMILES string of the molecule is CCCNC(CC(N)=O)c1ccc(F)cc1C. The molecule has 0 saturated heterocycles. The number of nitrogens with two attached hydrogens (primary N) is 1. The van der Waals surface area contributed by atoms with Crippen LogP contribution in [-0.2, 0) is 4.79 Å². The van der Waals surface area contributed by atoms with Crippen LogP contribution in [0.5, 0.6) is 0 Å². The molecular formula is C13H19FN2O. The summed E-state index contributed by atoms with van der Waals surface area (Å²) >= 11 is 0. The number of amides is 1. The van der Waals surface area contributed by atoms with Gasteiger partial charge < -0.3 is 11.1 Å². The van der Waals surface area contributed by atoms with Gasteiger partial charge in [-0.15, -0.1) is 0 Å². The summed E-state index contributed by atoms with van der Waals surface area (Å²) in [6, 6.07) is 4.45. The van der Waals surface area contributed by atoms with Crippen LogP contribution >= 0.6 is 0 Å². The third-order valence-corrected chi connectivity index (χ3v) is 2.65. The minimum absolute atomic E-state index is 0.131. The summed E-state index contributed by atoms with van der Waals surface area (Å²) < 4.78 is 13.0. The fourth-order valence-electron chi connectivity index (χ4n) is 1.84. The number of nitrogens with one attached hydrogen (secondary N) is 1. The molecule has 3 nitrogen and oxygen atoms in total. The largest absolute Gasteiger partial charge is 0.370 e. The fourth-order valence-corrected chi connectivity index (χ4v) is 1.84. The van der Waals surface area contributed by atoms with E-state index in [0.29, 0.717) is 0 Å². The van der Waals surface area contributed by atoms with Gasteiger partial charge in [0.25, 0.3) is 0 Å². The van der Waals surface area contributed by atoms with Crippen LogP contribution in [0.3, 0.4) is 0 Å². The lowest BCUT2D eigenvalue weighted by molar-refractivity contribution is -0.118. The maximum absolute atomic E-state index is 13.0. The fraction of sp³-hybridized carbons (Fsp3) is 0.462. The third kappa shape index (κ3) is 4.15. The van der Waals surface area contributed by atoms with Gasteiger partial charge in [0.1, 0.15) is 5.82 Å². The van der Waals surface area contributed by atoms with Crippen molar-refractivity contribution in [3.63, 3.8) is 0 Å². The van der Waals surface area contributed by atoms with Crippen LogP contribution in [0.4, 0.5) is 4.39 Å². The summed E-state index contributed by atoms with van der Waals surface area (Å²) in [7, 11) is 0. The second-order valence-corrected chi connectivity index (χ2v) is 4.18. The molecule has 0 fully saturated rings. The molecule has 1 aromatic rings. The van der Waals surface area contributed by atoms with Crippen molar-refractivity contribution in [1.29, 1.82) is 0 Å². The monoisotopic (exact) mass is 238 g/mol. The highest BCUT2D eigenvalue weighted by Crippen LogP contribution is 2.21. The van der Waals surface area contributed by atoms with Crippen molar-refractivity contribution < 1.29 is 9.18 Å². The molecule has 0 radical (unpaired) electrons. The molecule has 0 saturated carbocycles. The van der Waals surface area contributed by atoms with Gasteiger partial charge in [-0.25, -0.2) is 4.39 Å². The minimum Gasteiger partial charge on any atom is -0.370 e. The molecule has 0 aliphatic rings. The predicted octanol–water partition coefficient (Wildman–Crippen LogP) is 2.05. The Balaban J connectivity index is 2.90. The number of hydrogen-bond acceptors (Lipinski definition) is 2. The molecule has 1 aromatic carbocycles. The summed E-state index contributed by atoms with van der Waals surface area (Å²) in [6.45, 7) is 4.68. The highest BCUT2D eigenvalue weighted by Gasteiger charge is 2.15. The van der Waals surface area contributed by atoms with Gasteiger partial charge in [0.05, 0.1) is 0 Å². The quantitative estimate of drug-likeness (QED) is 0.797. The lowest BCUT2D eigenvalue weighted by Gasteiger charge is -2.19. The molecular weight excluding hydrogens is 219 g/mol. The number of rotatable bonds is 6. The second kappa shape index (κ2) is 6.35. The molecule has 0 bridgehead atoms. The van der Waals surface area contributed by atoms with Gasteiger partial charge >= 0.3 is 0 Å². The first kappa shape index (κ1) is 13.6. The molecule has 0 aromatic heterocycles. The number of primary amides is 1. The number of benzene rings is 1. The molecule has 0 spiro atoms. The van der Waals surface area contributed by atoms with Crippen molar-refractivity contribution in [2.75, 3.05) is 6.54 Å². The van der Waals surface area contributed by atoms with Crippen LogP contribution in [0.1, 0.15) is 36.9 Å². The average Bonchev–Trinajstić information content (AvgIpc) is 2.24. The maximum atomic E-state index is 13.0. The van der Waals surface area contributed by atoms with E-state index in [-0.39, 0.29) is 24.2 Å². The number of hydrogen-bond donors (Lipinski definition) is 2. The average molecular weight is 238 g/mol. The first-order valence-electron chi connectivity index (χ1n) is 5.82. The maximum Gasteiger partial charge on any atom is 0.219 e. The van der Waals surface area contributed by atoms with Crippen LogP contribution in [0, 0.1) is 12.7 Å². The third-order valence-electron chi connectivity index (χ3n) is 2.65. The van der Waals surface area contributed by atoms with Gasteiger partial charge in [-0.05, 0) is 43.1 Å². The summed E-state index contributed by atoms with van der Waals surface area (Å²) in [5.41, 5.74) is 6.99. The van der Waals surface area contributed by atoms with Gasteiger partial charge in [0.15, 0.2) is 0 Å². The number of carbonyl (C=O) groups is 1. The van der Waals surface area contributed by atoms with E-state index in [4.69, 9.17) is 5.73 Å². The van der Waals surface area contributed by atoms with Crippen molar-refractivity contribution in [3.8, 4) is 0 Å². The van der Waals surface area contributed by atoms with E-state index in [1.807, 2.05) is 13.8 Å². The van der Waals surface area contributed by atoms with E-state index in [1.165, 1.54) is 12.1 Å². The van der Waals surface area contributed by atoms with Crippen molar-refractivity contribution in [2.24, 2.45) is 5.73 Å². The van der Waals surface area contributed by atoms with Gasteiger partial charge in [0.2, 0.25) is 5.91 Å². The Morgan fingerprint density at radius 2 is 2.24 bits per heavy atom. The molecule has 1 atom stereocenters. The van der Waals surface area contributed by atoms with E-state index in [1.54, 1.807) is 6.07 Å². The molecule has 3 N–H and O–H groups in total. The summed E-state index contributed by atoms with van der Waals surface area (Å²) in [6.07, 6.45) is 1.20. The van der Waals surface area contributed by atoms with E-state index in [0.717, 1.165) is 24.1 Å². The zero-order valence-electron chi connectivity index (χ0n) is 10.3. The molecule has 17 heavy (non-hydrogen) atoms. The Morgan fingerprint density at radius 3 is 2.76 bits per heavy atom. The van der Waals surface area contributed by atoms with Crippen molar-refractivity contribution in [2.45, 2.75) is 32.7 Å². The van der Waals surface area contributed by atoms with Crippen LogP contribution in [0.25, 0.3) is 0 Å². The van der Waals surface area contributed by atoms with Crippen LogP contribution in [0.2, 0.25) is 0 Å². The first-order chi connectivity index (χ1) is 8.04. The van der Waals surface area contributed by atoms with E-state index in [9.17, 15) is 9.18 Å². The standard InChI is InChI=1S/C13H19FN2O/c1-3-6-16-12(8-13(15)17)11-5-4-10(14)7-9(11)2/h4-5,7,12,16H,3,6,8H2,1-2H3,(H2,15,17). The molecule has 1 amide bonds. The molecule has 0 aliphatic carbocycles. The normalized spacial score (nSPS) is 12.4. The topological polar surface area (TPSA) is 55.1 Å². The zero-order chi connectivity index (χ0) is 12.8. The van der Waals surface area contributed by atoms with Gasteiger partial charge in [-0.2, -0.15) is 0 Å². The summed E-state index contributed by atoms with van der Waals surface area (Å²) in [4.78, 5) is 11.0. The van der Waals surface area contributed by atoms with Crippen LogP contribution in [-0.4, -0.2) is 12.5 Å². The Labute approximate surface area is 101 Å². The Bertz CT molecular complexity index is 393. The Morgan fingerprint density at radius 1 is 1.53 bits per heavy atom. The minimum atomic E-state index is -0.359. The van der Waals surface area contributed by atoms with Gasteiger partial charge in [0, 0.05) is 12.5 Å². The predicted molar refractivity (Wildman–Crippen MR) is 66.0 cm³/mol. The molecule has 4 heteroatoms. The van der Waals surface area contributed by atoms with Gasteiger partial charge in [-0.3, -0.25) is 4.79 Å². The van der Waals surface area contributed by atoms with Crippen LogP contribution in [0.15, 0.2) is 18.2 Å². The highest BCUT2D eigenvalue weighted by atomic mass is 19.1. The molecule has 1 rings (SSSR count). The molecule has 94 valence electrons. The Hall–Kier alpha value is -1.42. The van der Waals surface area contributed by atoms with Gasteiger partial charge in [-0.1, -0.05) is 13.0 Å². The molecule has 0 heterocycles. The van der Waals surface area contributed by atoms with Crippen LogP contribution < -0.4 is 11.1 Å². The van der Waals surface area contributed by atoms with E-state index >= 15 is 0 Å². The second-order valence-electron chi connectivity index (χ2n) is 4.18. The summed E-state index contributed by atoms with van der Waals surface area (Å²) in [5, 5.41) is 3.25. The number of aryl methyl sites for hydroxylation is 1. The van der Waals surface area contributed by atoms with E-state index in [2.05, 4.69) is 5.32 Å². The van der Waals surface area contributed by atoms with Crippen molar-refractivity contribution in [1.82, 2.24) is 5.32 Å². The number of carbonyl (C=O) groups excluding carboxylic acids is 1. The van der Waals surface area contributed by atoms with Crippen molar-refractivity contribution in [3.05, 3.63) is 35.1 Å². The lowest BCUT2D eigenvalue weighted by atomic mass is 9.98. The van der Waals surface area contributed by atoms with E-state index < -0.39 is 0 Å². The molecule has 1 unspecified atom stereocenters. The Kier molecular flexibility index (Phi) is 5.10. The highest BCUT2D eigenvalue weighted by molar-refractivity contribution is 5.74.